The number of benzene rings is 1. The highest BCUT2D eigenvalue weighted by Gasteiger charge is 2.25. The molecule has 0 bridgehead atoms. The highest BCUT2D eigenvalue weighted by Crippen LogP contribution is 2.32. The minimum absolute atomic E-state index is 0.339. The first-order valence-electron chi connectivity index (χ1n) is 8.01. The Morgan fingerprint density at radius 3 is 2.86 bits per heavy atom. The molecule has 3 nitrogen and oxygen atoms in total. The highest BCUT2D eigenvalue weighted by molar-refractivity contribution is 6.30. The van der Waals surface area contributed by atoms with Gasteiger partial charge in [0.2, 0.25) is 0 Å². The van der Waals surface area contributed by atoms with Crippen LogP contribution in [0.2, 0.25) is 5.02 Å². The molecule has 2 atom stereocenters. The summed E-state index contributed by atoms with van der Waals surface area (Å²) in [5.41, 5.74) is 7.30. The van der Waals surface area contributed by atoms with Gasteiger partial charge in [0.25, 0.3) is 0 Å². The molecule has 3 rings (SSSR count). The van der Waals surface area contributed by atoms with Crippen LogP contribution in [-0.2, 0) is 6.54 Å². The van der Waals surface area contributed by atoms with E-state index in [1.807, 2.05) is 18.2 Å². The maximum absolute atomic E-state index is 6.17. The Bertz CT molecular complexity index is 490. The lowest BCUT2D eigenvalue weighted by Gasteiger charge is -2.35. The predicted molar refractivity (Wildman–Crippen MR) is 86.7 cm³/mol. The summed E-state index contributed by atoms with van der Waals surface area (Å²) in [4.78, 5) is 2.46. The zero-order valence-corrected chi connectivity index (χ0v) is 13.5. The SMILES string of the molecule is CC1CN(Cc2cc(Cl)ccc2OCC2CC2)CCC1N. The van der Waals surface area contributed by atoms with Crippen molar-refractivity contribution in [3.8, 4) is 5.75 Å². The number of halogens is 1. The van der Waals surface area contributed by atoms with Crippen molar-refractivity contribution in [3.05, 3.63) is 28.8 Å². The number of ether oxygens (including phenoxy) is 1. The number of rotatable bonds is 5. The fourth-order valence-electron chi connectivity index (χ4n) is 2.94. The molecule has 0 spiro atoms. The van der Waals surface area contributed by atoms with Crippen molar-refractivity contribution in [1.29, 1.82) is 0 Å². The fourth-order valence-corrected chi connectivity index (χ4v) is 3.13. The monoisotopic (exact) mass is 308 g/mol. The molecule has 21 heavy (non-hydrogen) atoms. The van der Waals surface area contributed by atoms with Gasteiger partial charge in [0, 0.05) is 29.7 Å². The summed E-state index contributed by atoms with van der Waals surface area (Å²) in [5, 5.41) is 0.783. The molecule has 1 heterocycles. The van der Waals surface area contributed by atoms with Gasteiger partial charge < -0.3 is 10.5 Å². The Morgan fingerprint density at radius 1 is 1.33 bits per heavy atom. The third kappa shape index (κ3) is 4.12. The van der Waals surface area contributed by atoms with Crippen molar-refractivity contribution in [2.24, 2.45) is 17.6 Å². The molecule has 2 fully saturated rings. The van der Waals surface area contributed by atoms with Crippen molar-refractivity contribution < 1.29 is 4.74 Å². The van der Waals surface area contributed by atoms with Gasteiger partial charge in [-0.25, -0.2) is 0 Å². The number of nitrogens with zero attached hydrogens (tertiary/aromatic N) is 1. The molecular formula is C17H25ClN2O. The van der Waals surface area contributed by atoms with E-state index in [1.165, 1.54) is 18.4 Å². The van der Waals surface area contributed by atoms with Gasteiger partial charge in [-0.1, -0.05) is 18.5 Å². The number of nitrogens with two attached hydrogens (primary N) is 1. The summed E-state index contributed by atoms with van der Waals surface area (Å²) in [7, 11) is 0. The lowest BCUT2D eigenvalue weighted by molar-refractivity contribution is 0.155. The summed E-state index contributed by atoms with van der Waals surface area (Å²) < 4.78 is 6.00. The van der Waals surface area contributed by atoms with Crippen molar-refractivity contribution in [3.63, 3.8) is 0 Å². The van der Waals surface area contributed by atoms with Crippen LogP contribution in [0, 0.1) is 11.8 Å². The molecule has 0 aromatic heterocycles. The molecule has 2 unspecified atom stereocenters. The Labute approximate surface area is 132 Å². The third-order valence-corrected chi connectivity index (χ3v) is 4.88. The summed E-state index contributed by atoms with van der Waals surface area (Å²) in [6.45, 7) is 6.09. The van der Waals surface area contributed by atoms with Gasteiger partial charge in [0.1, 0.15) is 5.75 Å². The van der Waals surface area contributed by atoms with Crippen LogP contribution in [0.25, 0.3) is 0 Å². The number of piperidine rings is 1. The van der Waals surface area contributed by atoms with Crippen molar-refractivity contribution >= 4 is 11.6 Å². The Kier molecular flexibility index (Phi) is 4.72. The van der Waals surface area contributed by atoms with Crippen molar-refractivity contribution in [2.45, 2.75) is 38.8 Å². The van der Waals surface area contributed by atoms with E-state index in [1.54, 1.807) is 0 Å². The van der Waals surface area contributed by atoms with Gasteiger partial charge >= 0.3 is 0 Å². The van der Waals surface area contributed by atoms with Gasteiger partial charge in [-0.15, -0.1) is 0 Å². The van der Waals surface area contributed by atoms with Crippen molar-refractivity contribution in [1.82, 2.24) is 4.90 Å². The van der Waals surface area contributed by atoms with Gasteiger partial charge in [-0.2, -0.15) is 0 Å². The molecule has 1 aliphatic carbocycles. The number of likely N-dealkylation sites (tertiary alicyclic amines) is 1. The van der Waals surface area contributed by atoms with E-state index in [0.717, 1.165) is 49.4 Å². The smallest absolute Gasteiger partial charge is 0.123 e. The summed E-state index contributed by atoms with van der Waals surface area (Å²) >= 11 is 6.17. The number of hydrogen-bond donors (Lipinski definition) is 1. The maximum Gasteiger partial charge on any atom is 0.123 e. The second-order valence-corrected chi connectivity index (χ2v) is 7.11. The van der Waals surface area contributed by atoms with E-state index in [0.29, 0.717) is 12.0 Å². The lowest BCUT2D eigenvalue weighted by Crippen LogP contribution is -2.45. The van der Waals surface area contributed by atoms with E-state index >= 15 is 0 Å². The van der Waals surface area contributed by atoms with Crippen LogP contribution in [0.1, 0.15) is 31.7 Å². The Balaban J connectivity index is 1.66. The normalized spacial score (nSPS) is 26.8. The molecule has 1 aromatic rings. The molecule has 0 amide bonds. The summed E-state index contributed by atoms with van der Waals surface area (Å²) in [6.07, 6.45) is 3.69. The molecule has 1 saturated heterocycles. The average Bonchev–Trinajstić information content (AvgIpc) is 3.26. The first-order chi connectivity index (χ1) is 10.1. The molecule has 2 aliphatic rings. The molecule has 4 heteroatoms. The van der Waals surface area contributed by atoms with Crippen LogP contribution in [0.4, 0.5) is 0 Å². The van der Waals surface area contributed by atoms with E-state index in [2.05, 4.69) is 11.8 Å². The molecular weight excluding hydrogens is 284 g/mol. The van der Waals surface area contributed by atoms with Gasteiger partial charge in [-0.3, -0.25) is 4.90 Å². The highest BCUT2D eigenvalue weighted by atomic mass is 35.5. The minimum atomic E-state index is 0.339. The first kappa shape index (κ1) is 15.1. The maximum atomic E-state index is 6.17. The zero-order chi connectivity index (χ0) is 14.8. The van der Waals surface area contributed by atoms with Crippen LogP contribution in [0.3, 0.4) is 0 Å². The van der Waals surface area contributed by atoms with Crippen LogP contribution in [0.15, 0.2) is 18.2 Å². The largest absolute Gasteiger partial charge is 0.493 e. The topological polar surface area (TPSA) is 38.5 Å². The molecule has 2 N–H and O–H groups in total. The summed E-state index contributed by atoms with van der Waals surface area (Å²) in [5.74, 6) is 2.31. The van der Waals surface area contributed by atoms with E-state index in [-0.39, 0.29) is 0 Å². The van der Waals surface area contributed by atoms with E-state index in [9.17, 15) is 0 Å². The molecule has 1 saturated carbocycles. The van der Waals surface area contributed by atoms with Crippen LogP contribution >= 0.6 is 11.6 Å². The minimum Gasteiger partial charge on any atom is -0.493 e. The van der Waals surface area contributed by atoms with Gasteiger partial charge in [0.15, 0.2) is 0 Å². The summed E-state index contributed by atoms with van der Waals surface area (Å²) in [6, 6.07) is 6.32. The van der Waals surface area contributed by atoms with Crippen LogP contribution in [-0.4, -0.2) is 30.6 Å². The number of hydrogen-bond acceptors (Lipinski definition) is 3. The van der Waals surface area contributed by atoms with Gasteiger partial charge in [0.05, 0.1) is 6.61 Å². The van der Waals surface area contributed by atoms with E-state index in [4.69, 9.17) is 22.1 Å². The predicted octanol–water partition coefficient (Wildman–Crippen LogP) is 3.30. The second-order valence-electron chi connectivity index (χ2n) is 6.67. The second kappa shape index (κ2) is 6.55. The van der Waals surface area contributed by atoms with Crippen LogP contribution in [0.5, 0.6) is 5.75 Å². The fraction of sp³-hybridized carbons (Fsp3) is 0.647. The zero-order valence-electron chi connectivity index (χ0n) is 12.7. The quantitative estimate of drug-likeness (QED) is 0.907. The molecule has 1 aliphatic heterocycles. The van der Waals surface area contributed by atoms with Crippen molar-refractivity contribution in [2.75, 3.05) is 19.7 Å². The standard InChI is InChI=1S/C17H25ClN2O/c1-12-9-20(7-6-16(12)19)10-14-8-15(18)4-5-17(14)21-11-13-2-3-13/h4-5,8,12-13,16H,2-3,6-7,9-11,19H2,1H3. The van der Waals surface area contributed by atoms with Crippen LogP contribution < -0.4 is 10.5 Å². The van der Waals surface area contributed by atoms with E-state index < -0.39 is 0 Å². The third-order valence-electron chi connectivity index (χ3n) is 4.64. The molecule has 116 valence electrons. The lowest BCUT2D eigenvalue weighted by atomic mass is 9.94. The average molecular weight is 309 g/mol. The van der Waals surface area contributed by atoms with Gasteiger partial charge in [-0.05, 0) is 55.8 Å². The Hall–Kier alpha value is -0.770. The first-order valence-corrected chi connectivity index (χ1v) is 8.39. The molecule has 1 aromatic carbocycles. The Morgan fingerprint density at radius 2 is 2.14 bits per heavy atom. The molecule has 0 radical (unpaired) electrons.